The molecule has 12 nitrogen and oxygen atoms in total. The monoisotopic (exact) mass is 535 g/mol. The Morgan fingerprint density at radius 1 is 1.40 bits per heavy atom. The Labute approximate surface area is 203 Å². The molecule has 2 aliphatic heterocycles. The van der Waals surface area contributed by atoms with Crippen LogP contribution in [-0.2, 0) is 32.6 Å². The average molecular weight is 536 g/mol. The molecule has 6 atom stereocenters. The molecular formula is C20H22ClFN2O10P. The molecule has 3 heterocycles. The second kappa shape index (κ2) is 10.0. The number of halogens is 2. The van der Waals surface area contributed by atoms with E-state index in [0.29, 0.717) is 10.6 Å². The number of alkyl halides is 1. The largest absolute Gasteiger partial charge is 0.456 e. The molecule has 2 fully saturated rings. The summed E-state index contributed by atoms with van der Waals surface area (Å²) in [5.41, 5.74) is -3.55. The molecule has 1 aromatic carbocycles. The maximum Gasteiger partial charge on any atom is 0.382 e. The van der Waals surface area contributed by atoms with Crippen LogP contribution in [0.4, 0.5) is 4.39 Å². The Hall–Kier alpha value is -2.22. The Morgan fingerprint density at radius 3 is 2.86 bits per heavy atom. The molecule has 2 aromatic rings. The summed E-state index contributed by atoms with van der Waals surface area (Å²) in [7, 11) is -3.99. The van der Waals surface area contributed by atoms with E-state index in [2.05, 4.69) is 0 Å². The van der Waals surface area contributed by atoms with Crippen molar-refractivity contribution in [1.29, 1.82) is 0 Å². The number of benzene rings is 1. The zero-order valence-corrected chi connectivity index (χ0v) is 20.1. The predicted octanol–water partition coefficient (Wildman–Crippen LogP) is 2.15. The van der Waals surface area contributed by atoms with E-state index in [0.717, 1.165) is 30.7 Å². The standard InChI is InChI=1S/C20H22ClFN2O10P/c1-11(25)32-16-14(33-18(20(16,2)22)24-7-6-15(26)23-19(24)27)9-30-35(28)31-10-29-17(34-35)12-4-3-5-13(21)8-12/h3-8,14,16-18,28H,9-10H2,1-2H3,(H,23,26,27). The lowest BCUT2D eigenvalue weighted by Gasteiger charge is -2.36. The number of carbonyl (C=O) groups excluding carboxylic acids is 1. The first-order chi connectivity index (χ1) is 16.5. The van der Waals surface area contributed by atoms with Crippen LogP contribution < -0.4 is 11.2 Å². The van der Waals surface area contributed by atoms with Gasteiger partial charge in [-0.3, -0.25) is 32.7 Å². The van der Waals surface area contributed by atoms with Crippen LogP contribution in [0, 0.1) is 0 Å². The molecule has 0 amide bonds. The summed E-state index contributed by atoms with van der Waals surface area (Å²) in [6.45, 7) is 1.23. The van der Waals surface area contributed by atoms with Gasteiger partial charge in [0.2, 0.25) is 0 Å². The highest BCUT2D eigenvalue weighted by Crippen LogP contribution is 2.63. The van der Waals surface area contributed by atoms with E-state index in [1.807, 2.05) is 4.98 Å². The van der Waals surface area contributed by atoms with Gasteiger partial charge in [0.05, 0.1) is 6.61 Å². The summed E-state index contributed by atoms with van der Waals surface area (Å²) in [4.78, 5) is 48.1. The van der Waals surface area contributed by atoms with Crippen LogP contribution in [0.3, 0.4) is 0 Å². The van der Waals surface area contributed by atoms with E-state index >= 15 is 4.39 Å². The number of aromatic amines is 1. The minimum absolute atomic E-state index is 0.378. The summed E-state index contributed by atoms with van der Waals surface area (Å²) in [6, 6.07) is 7.55. The third-order valence-corrected chi connectivity index (χ3v) is 6.86. The zero-order chi connectivity index (χ0) is 25.4. The maximum absolute atomic E-state index is 15.8. The molecule has 2 saturated heterocycles. The molecule has 0 aliphatic carbocycles. The Morgan fingerprint density at radius 2 is 2.17 bits per heavy atom. The van der Waals surface area contributed by atoms with Crippen molar-refractivity contribution in [2.75, 3.05) is 13.4 Å². The van der Waals surface area contributed by atoms with Crippen LogP contribution in [0.15, 0.2) is 46.1 Å². The van der Waals surface area contributed by atoms with E-state index in [1.165, 1.54) is 0 Å². The van der Waals surface area contributed by atoms with Crippen molar-refractivity contribution >= 4 is 25.7 Å². The Balaban J connectivity index is 1.53. The van der Waals surface area contributed by atoms with Gasteiger partial charge in [0.15, 0.2) is 31.1 Å². The summed E-state index contributed by atoms with van der Waals surface area (Å²) in [6.07, 6.45) is -4.43. The summed E-state index contributed by atoms with van der Waals surface area (Å²) < 4.78 is 48.9. The van der Waals surface area contributed by atoms with Crippen molar-refractivity contribution in [3.8, 4) is 0 Å². The van der Waals surface area contributed by atoms with E-state index < -0.39 is 62.4 Å². The first-order valence-corrected chi connectivity index (χ1v) is 12.2. The van der Waals surface area contributed by atoms with Crippen molar-refractivity contribution < 1.29 is 41.9 Å². The van der Waals surface area contributed by atoms with Gasteiger partial charge < -0.3 is 19.1 Å². The summed E-state index contributed by atoms with van der Waals surface area (Å²) in [5.74, 6) is -0.810. The highest BCUT2D eigenvalue weighted by molar-refractivity contribution is 7.55. The van der Waals surface area contributed by atoms with Crippen LogP contribution >= 0.6 is 19.8 Å². The SMILES string of the molecule is CC(=O)OC1C(CO[P]2(O)OCOC(c3cccc(Cl)c3)O2)OC(n2ccc(=O)[nH]c2=O)C1(C)F. The second-order valence-corrected chi connectivity index (χ2v) is 10.00. The summed E-state index contributed by atoms with van der Waals surface area (Å²) >= 11 is 5.99. The molecule has 0 saturated carbocycles. The predicted molar refractivity (Wildman–Crippen MR) is 118 cm³/mol. The lowest BCUT2D eigenvalue weighted by atomic mass is 9.98. The zero-order valence-electron chi connectivity index (χ0n) is 18.5. The number of ether oxygens (including phenoxy) is 3. The van der Waals surface area contributed by atoms with Crippen molar-refractivity contribution in [3.63, 3.8) is 0 Å². The van der Waals surface area contributed by atoms with Gasteiger partial charge in [-0.05, 0) is 19.1 Å². The summed E-state index contributed by atoms with van der Waals surface area (Å²) in [5, 5.41) is 0.415. The molecule has 1 aromatic heterocycles. The minimum Gasteiger partial charge on any atom is -0.456 e. The Bertz CT molecular complexity index is 1210. The number of carbonyl (C=O) groups is 1. The lowest BCUT2D eigenvalue weighted by molar-refractivity contribution is -0.200. The molecule has 191 valence electrons. The number of hydrogen-bond acceptors (Lipinski definition) is 10. The third-order valence-electron chi connectivity index (χ3n) is 5.26. The molecule has 2 aliphatic rings. The van der Waals surface area contributed by atoms with E-state index in [-0.39, 0.29) is 6.79 Å². The number of rotatable bonds is 6. The van der Waals surface area contributed by atoms with Gasteiger partial charge in [-0.25, -0.2) is 9.18 Å². The van der Waals surface area contributed by atoms with Gasteiger partial charge in [0, 0.05) is 29.8 Å². The minimum atomic E-state index is -3.99. The highest BCUT2D eigenvalue weighted by atomic mass is 35.5. The van der Waals surface area contributed by atoms with Crippen molar-refractivity contribution in [2.24, 2.45) is 0 Å². The molecule has 2 N–H and O–H groups in total. The highest BCUT2D eigenvalue weighted by Gasteiger charge is 2.58. The van der Waals surface area contributed by atoms with Crippen LogP contribution in [0.5, 0.6) is 0 Å². The van der Waals surface area contributed by atoms with Crippen LogP contribution in [0.1, 0.15) is 31.9 Å². The first kappa shape index (κ1) is 25.9. The number of nitrogens with zero attached hydrogens (tertiary/aromatic N) is 1. The smallest absolute Gasteiger partial charge is 0.382 e. The van der Waals surface area contributed by atoms with E-state index in [4.69, 9.17) is 39.4 Å². The topological polar surface area (TPSA) is 148 Å². The first-order valence-electron chi connectivity index (χ1n) is 10.3. The van der Waals surface area contributed by atoms with Gasteiger partial charge in [-0.2, -0.15) is 0 Å². The van der Waals surface area contributed by atoms with Crippen LogP contribution in [-0.4, -0.2) is 51.7 Å². The average Bonchev–Trinajstić information content (AvgIpc) is 3.02. The van der Waals surface area contributed by atoms with Gasteiger partial charge in [-0.1, -0.05) is 23.7 Å². The number of hydrogen-bond donors (Lipinski definition) is 2. The van der Waals surface area contributed by atoms with Crippen LogP contribution in [0.25, 0.3) is 0 Å². The normalized spacial score (nSPS) is 32.9. The molecule has 1 radical (unpaired) electrons. The molecule has 35 heavy (non-hydrogen) atoms. The van der Waals surface area contributed by atoms with Crippen molar-refractivity contribution in [1.82, 2.24) is 9.55 Å². The molecule has 15 heteroatoms. The van der Waals surface area contributed by atoms with E-state index in [9.17, 15) is 19.3 Å². The number of esters is 1. The fourth-order valence-electron chi connectivity index (χ4n) is 3.71. The second-order valence-electron chi connectivity index (χ2n) is 7.90. The van der Waals surface area contributed by atoms with Gasteiger partial charge in [-0.15, -0.1) is 0 Å². The molecule has 6 unspecified atom stereocenters. The number of aromatic nitrogens is 2. The third kappa shape index (κ3) is 5.63. The molecule has 4 rings (SSSR count). The van der Waals surface area contributed by atoms with Crippen LogP contribution in [0.2, 0.25) is 5.02 Å². The fraction of sp³-hybridized carbons (Fsp3) is 0.450. The molecular weight excluding hydrogens is 514 g/mol. The van der Waals surface area contributed by atoms with E-state index in [1.54, 1.807) is 24.3 Å². The van der Waals surface area contributed by atoms with Gasteiger partial charge in [0.25, 0.3) is 5.56 Å². The number of H-pyrrole nitrogens is 1. The van der Waals surface area contributed by atoms with Crippen molar-refractivity contribution in [2.45, 2.75) is 44.2 Å². The molecule has 0 bridgehead atoms. The fourth-order valence-corrected chi connectivity index (χ4v) is 5.06. The Kier molecular flexibility index (Phi) is 7.41. The lowest BCUT2D eigenvalue weighted by Crippen LogP contribution is -2.45. The van der Waals surface area contributed by atoms with Gasteiger partial charge in [0.1, 0.15) is 6.10 Å². The molecule has 0 spiro atoms. The van der Waals surface area contributed by atoms with Crippen molar-refractivity contribution in [3.05, 3.63) is 68.0 Å². The quantitative estimate of drug-likeness (QED) is 0.416. The maximum atomic E-state index is 15.8. The van der Waals surface area contributed by atoms with Gasteiger partial charge >= 0.3 is 19.8 Å². The number of nitrogens with one attached hydrogen (secondary N) is 1.